The molecule has 0 radical (unpaired) electrons. The van der Waals surface area contributed by atoms with Crippen molar-refractivity contribution in [3.05, 3.63) is 40.6 Å². The second kappa shape index (κ2) is 5.21. The van der Waals surface area contributed by atoms with Crippen LogP contribution >= 0.6 is 0 Å². The maximum Gasteiger partial charge on any atom is 0.274 e. The van der Waals surface area contributed by atoms with Crippen molar-refractivity contribution in [2.45, 2.75) is 20.0 Å². The van der Waals surface area contributed by atoms with Gasteiger partial charge in [0.05, 0.1) is 17.5 Å². The molecule has 0 atom stereocenters. The third-order valence-electron chi connectivity index (χ3n) is 2.42. The first-order valence-corrected chi connectivity index (χ1v) is 5.41. The van der Waals surface area contributed by atoms with Crippen molar-refractivity contribution in [1.29, 1.82) is 0 Å². The molecule has 94 valence electrons. The second-order valence-corrected chi connectivity index (χ2v) is 3.54. The zero-order chi connectivity index (χ0) is 13.0. The molecule has 0 aliphatic rings. The van der Waals surface area contributed by atoms with E-state index in [-0.39, 0.29) is 5.69 Å². The largest absolute Gasteiger partial charge is 0.363 e. The molecule has 8 heteroatoms. The van der Waals surface area contributed by atoms with Crippen LogP contribution in [-0.4, -0.2) is 24.7 Å². The lowest BCUT2D eigenvalue weighted by Crippen LogP contribution is -2.08. The summed E-state index contributed by atoms with van der Waals surface area (Å²) in [6.45, 7) is 3.17. The Morgan fingerprint density at radius 3 is 3.11 bits per heavy atom. The first-order chi connectivity index (χ1) is 8.70. The molecule has 8 nitrogen and oxygen atoms in total. The monoisotopic (exact) mass is 248 g/mol. The molecule has 2 heterocycles. The molecular formula is C10H12N6O2. The smallest absolute Gasteiger partial charge is 0.274 e. The minimum absolute atomic E-state index is 0.00413. The molecule has 2 aromatic rings. The number of nitro groups is 1. The minimum Gasteiger partial charge on any atom is -0.363 e. The molecule has 0 spiro atoms. The number of aromatic nitrogens is 4. The topological polar surface area (TPSA) is 98.8 Å². The fraction of sp³-hybridized carbons (Fsp3) is 0.300. The molecule has 0 saturated heterocycles. The average Bonchev–Trinajstić information content (AvgIpc) is 2.84. The van der Waals surface area contributed by atoms with E-state index in [1.165, 1.54) is 18.3 Å². The Hall–Kier alpha value is -2.51. The predicted octanol–water partition coefficient (Wildman–Crippen LogP) is 1.21. The van der Waals surface area contributed by atoms with Gasteiger partial charge in [0, 0.05) is 18.8 Å². The first-order valence-electron chi connectivity index (χ1n) is 5.41. The summed E-state index contributed by atoms with van der Waals surface area (Å²) >= 11 is 0. The predicted molar refractivity (Wildman–Crippen MR) is 63.9 cm³/mol. The number of hydrogen-bond acceptors (Lipinski definition) is 6. The molecule has 18 heavy (non-hydrogen) atoms. The number of rotatable bonds is 5. The van der Waals surface area contributed by atoms with Gasteiger partial charge in [-0.2, -0.15) is 0 Å². The van der Waals surface area contributed by atoms with Gasteiger partial charge in [0.2, 0.25) is 0 Å². The lowest BCUT2D eigenvalue weighted by molar-refractivity contribution is -0.384. The van der Waals surface area contributed by atoms with E-state index in [1.54, 1.807) is 6.33 Å². The minimum atomic E-state index is -0.457. The van der Waals surface area contributed by atoms with Crippen LogP contribution in [-0.2, 0) is 13.1 Å². The van der Waals surface area contributed by atoms with E-state index >= 15 is 0 Å². The summed E-state index contributed by atoms with van der Waals surface area (Å²) in [5.41, 5.74) is 0.00413. The number of aryl methyl sites for hydroxylation is 1. The Bertz CT molecular complexity index is 553. The zero-order valence-corrected chi connectivity index (χ0v) is 9.78. The number of anilines is 1. The Labute approximate surface area is 103 Å². The van der Waals surface area contributed by atoms with Gasteiger partial charge in [-0.3, -0.25) is 10.1 Å². The van der Waals surface area contributed by atoms with Crippen LogP contribution in [0.5, 0.6) is 0 Å². The van der Waals surface area contributed by atoms with E-state index in [0.717, 1.165) is 12.4 Å². The summed E-state index contributed by atoms with van der Waals surface area (Å²) in [6.07, 6.45) is 3.03. The third-order valence-corrected chi connectivity index (χ3v) is 2.42. The highest BCUT2D eigenvalue weighted by Gasteiger charge is 2.07. The molecule has 2 rings (SSSR count). The van der Waals surface area contributed by atoms with E-state index in [2.05, 4.69) is 20.5 Å². The molecule has 0 bridgehead atoms. The molecule has 0 aromatic carbocycles. The van der Waals surface area contributed by atoms with Crippen LogP contribution in [0.2, 0.25) is 0 Å². The van der Waals surface area contributed by atoms with Crippen molar-refractivity contribution < 1.29 is 4.92 Å². The van der Waals surface area contributed by atoms with Crippen molar-refractivity contribution in [1.82, 2.24) is 19.7 Å². The molecule has 2 aromatic heterocycles. The van der Waals surface area contributed by atoms with Crippen LogP contribution in [0.25, 0.3) is 0 Å². The Morgan fingerprint density at radius 2 is 2.39 bits per heavy atom. The summed E-state index contributed by atoms with van der Waals surface area (Å²) in [6, 6.07) is 2.73. The summed E-state index contributed by atoms with van der Waals surface area (Å²) in [5, 5.41) is 21.3. The molecule has 0 fully saturated rings. The van der Waals surface area contributed by atoms with Crippen LogP contribution in [0.15, 0.2) is 24.7 Å². The van der Waals surface area contributed by atoms with Gasteiger partial charge in [-0.05, 0) is 6.92 Å². The van der Waals surface area contributed by atoms with Gasteiger partial charge in [-0.1, -0.05) is 0 Å². The van der Waals surface area contributed by atoms with E-state index < -0.39 is 4.92 Å². The Balaban J connectivity index is 2.06. The number of nitrogens with zero attached hydrogens (tertiary/aromatic N) is 5. The van der Waals surface area contributed by atoms with Gasteiger partial charge in [0.15, 0.2) is 5.82 Å². The molecule has 0 unspecified atom stereocenters. The first kappa shape index (κ1) is 12.0. The van der Waals surface area contributed by atoms with Gasteiger partial charge in [0.1, 0.15) is 12.1 Å². The highest BCUT2D eigenvalue weighted by Crippen LogP contribution is 2.14. The summed E-state index contributed by atoms with van der Waals surface area (Å²) in [5.74, 6) is 1.20. The van der Waals surface area contributed by atoms with Gasteiger partial charge < -0.3 is 9.88 Å². The van der Waals surface area contributed by atoms with E-state index in [1.807, 2.05) is 11.5 Å². The summed E-state index contributed by atoms with van der Waals surface area (Å²) in [4.78, 5) is 14.2. The van der Waals surface area contributed by atoms with Crippen LogP contribution < -0.4 is 5.32 Å². The van der Waals surface area contributed by atoms with Crippen molar-refractivity contribution in [3.8, 4) is 0 Å². The van der Waals surface area contributed by atoms with Crippen LogP contribution in [0.4, 0.5) is 11.5 Å². The molecule has 0 amide bonds. The third kappa shape index (κ3) is 2.59. The lowest BCUT2D eigenvalue weighted by Gasteiger charge is -2.05. The van der Waals surface area contributed by atoms with Crippen molar-refractivity contribution in [2.75, 3.05) is 5.32 Å². The molecule has 0 aliphatic carbocycles. The second-order valence-electron chi connectivity index (χ2n) is 3.54. The molecule has 0 aliphatic heterocycles. The maximum absolute atomic E-state index is 10.6. The number of nitrogens with one attached hydrogen (secondary N) is 1. The summed E-state index contributed by atoms with van der Waals surface area (Å²) in [7, 11) is 0. The van der Waals surface area contributed by atoms with Crippen LogP contribution in [0.1, 0.15) is 12.7 Å². The number of hydrogen-bond donors (Lipinski definition) is 1. The normalized spacial score (nSPS) is 10.3. The van der Waals surface area contributed by atoms with Crippen molar-refractivity contribution >= 4 is 11.5 Å². The van der Waals surface area contributed by atoms with Gasteiger partial charge in [-0.25, -0.2) is 4.98 Å². The Morgan fingerprint density at radius 1 is 1.56 bits per heavy atom. The van der Waals surface area contributed by atoms with E-state index in [9.17, 15) is 10.1 Å². The highest BCUT2D eigenvalue weighted by molar-refractivity contribution is 5.44. The summed E-state index contributed by atoms with van der Waals surface area (Å²) < 4.78 is 1.88. The van der Waals surface area contributed by atoms with Gasteiger partial charge in [-0.15, -0.1) is 10.2 Å². The van der Waals surface area contributed by atoms with Gasteiger partial charge >= 0.3 is 0 Å². The molecular weight excluding hydrogens is 236 g/mol. The average molecular weight is 248 g/mol. The molecule has 1 N–H and O–H groups in total. The SMILES string of the molecule is CCn1cnnc1CNc1cc([N+](=O)[O-])ccn1. The van der Waals surface area contributed by atoms with Crippen molar-refractivity contribution in [2.24, 2.45) is 0 Å². The van der Waals surface area contributed by atoms with E-state index in [0.29, 0.717) is 12.4 Å². The fourth-order valence-electron chi connectivity index (χ4n) is 1.48. The maximum atomic E-state index is 10.6. The fourth-order valence-corrected chi connectivity index (χ4v) is 1.48. The van der Waals surface area contributed by atoms with Crippen LogP contribution in [0, 0.1) is 10.1 Å². The quantitative estimate of drug-likeness (QED) is 0.630. The van der Waals surface area contributed by atoms with Crippen LogP contribution in [0.3, 0.4) is 0 Å². The van der Waals surface area contributed by atoms with Gasteiger partial charge in [0.25, 0.3) is 5.69 Å². The zero-order valence-electron chi connectivity index (χ0n) is 9.78. The standard InChI is InChI=1S/C10H12N6O2/c1-2-15-7-13-14-10(15)6-12-9-5-8(16(17)18)3-4-11-9/h3-5,7H,2,6H2,1H3,(H,11,12). The number of pyridine rings is 1. The molecule has 0 saturated carbocycles. The lowest BCUT2D eigenvalue weighted by atomic mass is 10.4. The Kier molecular flexibility index (Phi) is 3.46. The van der Waals surface area contributed by atoms with E-state index in [4.69, 9.17) is 0 Å². The highest BCUT2D eigenvalue weighted by atomic mass is 16.6. The van der Waals surface area contributed by atoms with Crippen molar-refractivity contribution in [3.63, 3.8) is 0 Å².